The summed E-state index contributed by atoms with van der Waals surface area (Å²) < 4.78 is 0. The fraction of sp³-hybridized carbons (Fsp3) is 0.143. The summed E-state index contributed by atoms with van der Waals surface area (Å²) in [6.45, 7) is 4.59. The van der Waals surface area contributed by atoms with Crippen LogP contribution in [0.4, 0.5) is 0 Å². The van der Waals surface area contributed by atoms with Crippen LogP contribution >= 0.6 is 0 Å². The lowest BCUT2D eigenvalue weighted by Gasteiger charge is -1.90. The van der Waals surface area contributed by atoms with E-state index in [2.05, 4.69) is 11.6 Å². The van der Waals surface area contributed by atoms with Crippen LogP contribution in [0.15, 0.2) is 29.6 Å². The third-order valence-electron chi connectivity index (χ3n) is 0.859. The molecule has 0 unspecified atom stereocenters. The zero-order chi connectivity index (χ0) is 8.85. The number of carbonyl (C=O) groups is 1. The fourth-order valence-corrected chi connectivity index (χ4v) is 0.362. The van der Waals surface area contributed by atoms with E-state index in [1.54, 1.807) is 0 Å². The quantitative estimate of drug-likeness (QED) is 0.364. The van der Waals surface area contributed by atoms with Gasteiger partial charge in [0.1, 0.15) is 5.71 Å². The fourth-order valence-electron chi connectivity index (χ4n) is 0.362. The molecule has 2 N–H and O–H groups in total. The van der Waals surface area contributed by atoms with E-state index in [9.17, 15) is 4.79 Å². The molecule has 0 atom stereocenters. The molecule has 4 heteroatoms. The lowest BCUT2D eigenvalue weighted by atomic mass is 10.4. The van der Waals surface area contributed by atoms with Gasteiger partial charge in [0.15, 0.2) is 0 Å². The number of aliphatic imine (C=N–C) groups is 1. The Bertz CT molecular complexity index is 228. The monoisotopic (exact) mass is 155 g/mol. The molecule has 0 aromatic heterocycles. The van der Waals surface area contributed by atoms with E-state index in [-0.39, 0.29) is 11.6 Å². The molecule has 60 valence electrons. The van der Waals surface area contributed by atoms with Crippen LogP contribution in [0.25, 0.3) is 0 Å². The molecule has 0 aliphatic carbocycles. The van der Waals surface area contributed by atoms with Gasteiger partial charge >= 0.3 is 5.97 Å². The number of carboxylic acid groups (broad SMARTS) is 1. The first kappa shape index (κ1) is 9.42. The minimum atomic E-state index is -1.16. The van der Waals surface area contributed by atoms with E-state index in [4.69, 9.17) is 10.2 Å². The van der Waals surface area contributed by atoms with Crippen molar-refractivity contribution in [3.8, 4) is 0 Å². The number of aliphatic hydroxyl groups excluding tert-OH is 1. The molecule has 4 nitrogen and oxygen atoms in total. The van der Waals surface area contributed by atoms with Crippen LogP contribution in [0.3, 0.4) is 0 Å². The van der Waals surface area contributed by atoms with Gasteiger partial charge in [0, 0.05) is 0 Å². The maximum atomic E-state index is 10.1. The van der Waals surface area contributed by atoms with Gasteiger partial charge in [-0.25, -0.2) is 9.79 Å². The predicted octanol–water partition coefficient (Wildman–Crippen LogP) is 1.12. The number of allylic oxidation sites excluding steroid dienone is 2. The van der Waals surface area contributed by atoms with Crippen molar-refractivity contribution in [2.45, 2.75) is 6.92 Å². The van der Waals surface area contributed by atoms with E-state index in [0.717, 1.165) is 0 Å². The highest BCUT2D eigenvalue weighted by Gasteiger charge is 2.00. The van der Waals surface area contributed by atoms with Crippen molar-refractivity contribution in [3.05, 3.63) is 24.6 Å². The molecule has 0 saturated carbocycles. The summed E-state index contributed by atoms with van der Waals surface area (Å²) in [5.41, 5.74) is -0.166. The van der Waals surface area contributed by atoms with Crippen molar-refractivity contribution in [2.75, 3.05) is 0 Å². The first-order chi connectivity index (χ1) is 5.07. The summed E-state index contributed by atoms with van der Waals surface area (Å²) in [4.78, 5) is 13.5. The van der Waals surface area contributed by atoms with Gasteiger partial charge in [-0.15, -0.1) is 0 Å². The Labute approximate surface area is 64.2 Å². The smallest absolute Gasteiger partial charge is 0.350 e. The minimum Gasteiger partial charge on any atom is -0.493 e. The van der Waals surface area contributed by atoms with Gasteiger partial charge in [-0.2, -0.15) is 0 Å². The zero-order valence-electron chi connectivity index (χ0n) is 6.11. The second kappa shape index (κ2) is 4.27. The van der Waals surface area contributed by atoms with E-state index in [1.165, 1.54) is 19.1 Å². The van der Waals surface area contributed by atoms with E-state index in [0.29, 0.717) is 0 Å². The van der Waals surface area contributed by atoms with Crippen molar-refractivity contribution in [2.24, 2.45) is 4.99 Å². The maximum Gasteiger partial charge on any atom is 0.350 e. The highest BCUT2D eigenvalue weighted by Crippen LogP contribution is 1.91. The average Bonchev–Trinajstić information content (AvgIpc) is 1.87. The van der Waals surface area contributed by atoms with E-state index in [1.807, 2.05) is 0 Å². The summed E-state index contributed by atoms with van der Waals surface area (Å²) >= 11 is 0. The SMILES string of the molecule is C=C/C=C(O)\N=C(/C)C(=O)O. The first-order valence-electron chi connectivity index (χ1n) is 2.88. The third-order valence-corrected chi connectivity index (χ3v) is 0.859. The molecule has 0 aliphatic heterocycles. The Morgan fingerprint density at radius 2 is 2.09 bits per heavy atom. The zero-order valence-corrected chi connectivity index (χ0v) is 6.11. The van der Waals surface area contributed by atoms with Crippen LogP contribution in [0.1, 0.15) is 6.92 Å². The van der Waals surface area contributed by atoms with Crippen molar-refractivity contribution in [1.82, 2.24) is 0 Å². The van der Waals surface area contributed by atoms with Crippen molar-refractivity contribution in [3.63, 3.8) is 0 Å². The molecule has 0 aromatic carbocycles. The predicted molar refractivity (Wildman–Crippen MR) is 41.7 cm³/mol. The van der Waals surface area contributed by atoms with Crippen molar-refractivity contribution < 1.29 is 15.0 Å². The molecular weight excluding hydrogens is 146 g/mol. The van der Waals surface area contributed by atoms with Crippen molar-refractivity contribution in [1.29, 1.82) is 0 Å². The van der Waals surface area contributed by atoms with Gasteiger partial charge in [-0.1, -0.05) is 12.7 Å². The molecule has 0 heterocycles. The van der Waals surface area contributed by atoms with Gasteiger partial charge in [0.25, 0.3) is 0 Å². The van der Waals surface area contributed by atoms with Gasteiger partial charge in [0.2, 0.25) is 5.88 Å². The number of aliphatic hydroxyl groups is 1. The van der Waals surface area contributed by atoms with E-state index >= 15 is 0 Å². The third kappa shape index (κ3) is 3.91. The van der Waals surface area contributed by atoms with Crippen molar-refractivity contribution >= 4 is 11.7 Å². The van der Waals surface area contributed by atoms with Gasteiger partial charge in [0.05, 0.1) is 0 Å². The first-order valence-corrected chi connectivity index (χ1v) is 2.88. The second-order valence-electron chi connectivity index (χ2n) is 1.76. The Morgan fingerprint density at radius 1 is 1.55 bits per heavy atom. The molecular formula is C7H9NO3. The molecule has 0 aromatic rings. The Balaban J connectivity index is 4.42. The molecule has 0 rings (SSSR count). The molecule has 0 amide bonds. The minimum absolute atomic E-state index is 0.166. The Kier molecular flexibility index (Phi) is 3.66. The van der Waals surface area contributed by atoms with Crippen LogP contribution < -0.4 is 0 Å². The highest BCUT2D eigenvalue weighted by atomic mass is 16.4. The standard InChI is InChI=1S/C7H9NO3/c1-3-4-6(9)8-5(2)7(10)11/h3-4,9H,1H2,2H3,(H,10,11)/b6-4+,8-5+. The number of hydrogen-bond acceptors (Lipinski definition) is 3. The molecule has 0 saturated heterocycles. The normalized spacial score (nSPS) is 12.8. The number of rotatable bonds is 3. The summed E-state index contributed by atoms with van der Waals surface area (Å²) in [6, 6.07) is 0. The molecule has 11 heavy (non-hydrogen) atoms. The van der Waals surface area contributed by atoms with Gasteiger partial charge in [-0.3, -0.25) is 0 Å². The number of aliphatic carboxylic acids is 1. The molecule has 0 fully saturated rings. The van der Waals surface area contributed by atoms with E-state index < -0.39 is 5.97 Å². The average molecular weight is 155 g/mol. The Hall–Kier alpha value is -1.58. The summed E-state index contributed by atoms with van der Waals surface area (Å²) in [5.74, 6) is -1.52. The van der Waals surface area contributed by atoms with Gasteiger partial charge in [-0.05, 0) is 13.0 Å². The molecule has 0 radical (unpaired) electrons. The molecule has 0 spiro atoms. The molecule has 0 bridgehead atoms. The summed E-state index contributed by atoms with van der Waals surface area (Å²) in [6.07, 6.45) is 2.51. The molecule has 0 aliphatic rings. The van der Waals surface area contributed by atoms with Crippen LogP contribution in [-0.2, 0) is 4.79 Å². The van der Waals surface area contributed by atoms with Crippen LogP contribution in [0.2, 0.25) is 0 Å². The summed E-state index contributed by atoms with van der Waals surface area (Å²) in [5, 5.41) is 17.1. The van der Waals surface area contributed by atoms with Gasteiger partial charge < -0.3 is 10.2 Å². The number of nitrogens with zero attached hydrogens (tertiary/aromatic N) is 1. The van der Waals surface area contributed by atoms with Crippen LogP contribution in [0, 0.1) is 0 Å². The van der Waals surface area contributed by atoms with Crippen LogP contribution in [-0.4, -0.2) is 21.9 Å². The topological polar surface area (TPSA) is 69.9 Å². The lowest BCUT2D eigenvalue weighted by molar-refractivity contribution is -0.129. The number of hydrogen-bond donors (Lipinski definition) is 2. The largest absolute Gasteiger partial charge is 0.493 e. The maximum absolute atomic E-state index is 10.1. The number of carboxylic acids is 1. The summed E-state index contributed by atoms with van der Waals surface area (Å²) in [7, 11) is 0. The Morgan fingerprint density at radius 3 is 2.45 bits per heavy atom. The second-order valence-corrected chi connectivity index (χ2v) is 1.76. The lowest BCUT2D eigenvalue weighted by Crippen LogP contribution is -2.08. The van der Waals surface area contributed by atoms with Crippen LogP contribution in [0.5, 0.6) is 0 Å². The highest BCUT2D eigenvalue weighted by molar-refractivity contribution is 6.34.